The number of carbonyl (C=O) groups is 2. The molecule has 0 radical (unpaired) electrons. The molecule has 3 rings (SSSR count). The van der Waals surface area contributed by atoms with Gasteiger partial charge in [0.25, 0.3) is 5.91 Å². The molecule has 0 aliphatic carbocycles. The zero-order valence-electron chi connectivity index (χ0n) is 17.1. The van der Waals surface area contributed by atoms with Gasteiger partial charge in [-0.15, -0.1) is 0 Å². The number of hydrogen-bond acceptors (Lipinski definition) is 3. The first-order valence-electron chi connectivity index (χ1n) is 10.00. The van der Waals surface area contributed by atoms with Crippen molar-refractivity contribution in [3.05, 3.63) is 77.1 Å². The number of nitrogens with zero attached hydrogens (tertiary/aromatic N) is 1. The van der Waals surface area contributed by atoms with Gasteiger partial charge in [-0.2, -0.15) is 13.2 Å². The average Bonchev–Trinajstić information content (AvgIpc) is 2.80. The molecule has 0 atom stereocenters. The summed E-state index contributed by atoms with van der Waals surface area (Å²) < 4.78 is 54.9. The maximum atomic E-state index is 13.0. The molecule has 0 aromatic heterocycles. The molecule has 2 aromatic carbocycles. The standard InChI is InChI=1S/C23H22F4N2O3/c24-13-16(9-11-28-22(31)23(25,26)27)15-32-20-7-5-18(6-8-20)21(30)29-12-10-17-3-1-2-4-19(17)14-29/h1-8,13H,9-12,14-15H2,(H,28,31). The molecule has 2 aromatic rings. The van der Waals surface area contributed by atoms with E-state index in [1.54, 1.807) is 34.5 Å². The van der Waals surface area contributed by atoms with E-state index in [1.807, 2.05) is 18.2 Å². The van der Waals surface area contributed by atoms with Crippen molar-refractivity contribution < 1.29 is 31.9 Å². The Morgan fingerprint density at radius 2 is 1.75 bits per heavy atom. The average molecular weight is 450 g/mol. The molecule has 1 aliphatic heterocycles. The van der Waals surface area contributed by atoms with Gasteiger partial charge in [-0.1, -0.05) is 24.3 Å². The Labute approximate surface area is 182 Å². The third-order valence-electron chi connectivity index (χ3n) is 5.09. The highest BCUT2D eigenvalue weighted by atomic mass is 19.4. The van der Waals surface area contributed by atoms with Crippen LogP contribution < -0.4 is 10.1 Å². The number of benzene rings is 2. The summed E-state index contributed by atoms with van der Waals surface area (Å²) in [6.07, 6.45) is -4.07. The van der Waals surface area contributed by atoms with Gasteiger partial charge < -0.3 is 15.0 Å². The van der Waals surface area contributed by atoms with E-state index in [-0.39, 0.29) is 37.4 Å². The summed E-state index contributed by atoms with van der Waals surface area (Å²) in [5.74, 6) is -1.80. The number of ether oxygens (including phenoxy) is 1. The molecule has 5 nitrogen and oxygen atoms in total. The molecule has 32 heavy (non-hydrogen) atoms. The van der Waals surface area contributed by atoms with Crippen LogP contribution in [0.1, 0.15) is 27.9 Å². The highest BCUT2D eigenvalue weighted by Crippen LogP contribution is 2.22. The Morgan fingerprint density at radius 1 is 1.06 bits per heavy atom. The van der Waals surface area contributed by atoms with Crippen LogP contribution in [0, 0.1) is 0 Å². The number of amides is 2. The van der Waals surface area contributed by atoms with E-state index in [9.17, 15) is 27.2 Å². The lowest BCUT2D eigenvalue weighted by molar-refractivity contribution is -0.173. The number of hydrogen-bond donors (Lipinski definition) is 1. The van der Waals surface area contributed by atoms with Crippen LogP contribution in [0.25, 0.3) is 0 Å². The van der Waals surface area contributed by atoms with Crippen LogP contribution in [-0.2, 0) is 17.8 Å². The molecule has 0 bridgehead atoms. The fourth-order valence-corrected chi connectivity index (χ4v) is 3.32. The summed E-state index contributed by atoms with van der Waals surface area (Å²) in [5, 5.41) is 1.67. The largest absolute Gasteiger partial charge is 0.489 e. The lowest BCUT2D eigenvalue weighted by Crippen LogP contribution is -2.37. The monoisotopic (exact) mass is 450 g/mol. The van der Waals surface area contributed by atoms with E-state index >= 15 is 0 Å². The highest BCUT2D eigenvalue weighted by Gasteiger charge is 2.38. The van der Waals surface area contributed by atoms with Gasteiger partial charge in [0.05, 0.1) is 6.33 Å². The summed E-state index contributed by atoms with van der Waals surface area (Å²) in [7, 11) is 0. The van der Waals surface area contributed by atoms with E-state index in [4.69, 9.17) is 4.74 Å². The first-order valence-corrected chi connectivity index (χ1v) is 10.00. The van der Waals surface area contributed by atoms with Gasteiger partial charge >= 0.3 is 12.1 Å². The van der Waals surface area contributed by atoms with Gasteiger partial charge in [0.2, 0.25) is 0 Å². The summed E-state index contributed by atoms with van der Waals surface area (Å²) >= 11 is 0. The molecule has 0 fully saturated rings. The van der Waals surface area contributed by atoms with Crippen molar-refractivity contribution in [3.8, 4) is 5.75 Å². The van der Waals surface area contributed by atoms with Crippen LogP contribution in [0.2, 0.25) is 0 Å². The molecule has 0 saturated carbocycles. The van der Waals surface area contributed by atoms with Gasteiger partial charge in [-0.3, -0.25) is 9.59 Å². The maximum absolute atomic E-state index is 13.0. The van der Waals surface area contributed by atoms with E-state index in [0.717, 1.165) is 12.0 Å². The second-order valence-electron chi connectivity index (χ2n) is 7.33. The molecular weight excluding hydrogens is 428 g/mol. The molecule has 170 valence electrons. The van der Waals surface area contributed by atoms with Gasteiger partial charge in [0, 0.05) is 25.2 Å². The van der Waals surface area contributed by atoms with E-state index in [0.29, 0.717) is 24.4 Å². The minimum absolute atomic E-state index is 0.0830. The number of nitrogens with one attached hydrogen (secondary N) is 1. The molecule has 2 amide bonds. The SMILES string of the molecule is O=C(c1ccc(OCC(=CF)CCNC(=O)C(F)(F)F)cc1)N1CCc2ccccc2C1. The smallest absolute Gasteiger partial charge is 0.471 e. The first kappa shape index (κ1) is 23.3. The summed E-state index contributed by atoms with van der Waals surface area (Å²) in [6, 6.07) is 14.4. The third-order valence-corrected chi connectivity index (χ3v) is 5.09. The molecule has 0 spiro atoms. The number of rotatable bonds is 7. The van der Waals surface area contributed by atoms with Crippen LogP contribution in [0.5, 0.6) is 5.75 Å². The highest BCUT2D eigenvalue weighted by molar-refractivity contribution is 5.94. The van der Waals surface area contributed by atoms with Gasteiger partial charge in [0.15, 0.2) is 0 Å². The van der Waals surface area contributed by atoms with Gasteiger partial charge in [0.1, 0.15) is 12.4 Å². The van der Waals surface area contributed by atoms with Crippen LogP contribution in [0.4, 0.5) is 17.6 Å². The zero-order chi connectivity index (χ0) is 23.1. The number of alkyl halides is 3. The minimum Gasteiger partial charge on any atom is -0.489 e. The number of carbonyl (C=O) groups excluding carboxylic acids is 2. The van der Waals surface area contributed by atoms with E-state index < -0.39 is 12.1 Å². The topological polar surface area (TPSA) is 58.6 Å². The van der Waals surface area contributed by atoms with Crippen LogP contribution >= 0.6 is 0 Å². The van der Waals surface area contributed by atoms with Crippen molar-refractivity contribution in [2.24, 2.45) is 0 Å². The van der Waals surface area contributed by atoms with Crippen molar-refractivity contribution >= 4 is 11.8 Å². The molecule has 1 heterocycles. The second-order valence-corrected chi connectivity index (χ2v) is 7.33. The summed E-state index contributed by atoms with van der Waals surface area (Å²) in [6.45, 7) is 0.602. The first-order chi connectivity index (χ1) is 15.3. The lowest BCUT2D eigenvalue weighted by Gasteiger charge is -2.29. The normalized spacial score (nSPS) is 14.0. The Morgan fingerprint density at radius 3 is 2.41 bits per heavy atom. The van der Waals surface area contributed by atoms with Crippen molar-refractivity contribution in [2.45, 2.75) is 25.6 Å². The molecular formula is C23H22F4N2O3. The molecule has 1 N–H and O–H groups in total. The quantitative estimate of drug-likeness (QED) is 0.644. The Balaban J connectivity index is 1.49. The van der Waals surface area contributed by atoms with Gasteiger partial charge in [-0.05, 0) is 53.8 Å². The second kappa shape index (κ2) is 10.3. The molecule has 0 unspecified atom stereocenters. The van der Waals surface area contributed by atoms with Crippen molar-refractivity contribution in [1.82, 2.24) is 10.2 Å². The van der Waals surface area contributed by atoms with Crippen LogP contribution in [0.15, 0.2) is 60.4 Å². The van der Waals surface area contributed by atoms with Crippen LogP contribution in [-0.4, -0.2) is 42.6 Å². The predicted molar refractivity (Wildman–Crippen MR) is 110 cm³/mol. The maximum Gasteiger partial charge on any atom is 0.471 e. The molecule has 0 saturated heterocycles. The summed E-state index contributed by atoms with van der Waals surface area (Å²) in [5.41, 5.74) is 2.95. The third kappa shape index (κ3) is 6.09. The molecule has 1 aliphatic rings. The lowest BCUT2D eigenvalue weighted by atomic mass is 9.99. The van der Waals surface area contributed by atoms with Crippen LogP contribution in [0.3, 0.4) is 0 Å². The molecule has 9 heteroatoms. The van der Waals surface area contributed by atoms with Crippen molar-refractivity contribution in [3.63, 3.8) is 0 Å². The Bertz CT molecular complexity index is 987. The fourth-order valence-electron chi connectivity index (χ4n) is 3.32. The number of halogens is 4. The zero-order valence-corrected chi connectivity index (χ0v) is 17.1. The predicted octanol–water partition coefficient (Wildman–Crippen LogP) is 4.19. The van der Waals surface area contributed by atoms with Gasteiger partial charge in [-0.25, -0.2) is 4.39 Å². The Hall–Kier alpha value is -3.36. The minimum atomic E-state index is -4.98. The van der Waals surface area contributed by atoms with Crippen molar-refractivity contribution in [1.29, 1.82) is 0 Å². The van der Waals surface area contributed by atoms with E-state index in [2.05, 4.69) is 6.07 Å². The fraction of sp³-hybridized carbons (Fsp3) is 0.304. The summed E-state index contributed by atoms with van der Waals surface area (Å²) in [4.78, 5) is 25.3. The Kier molecular flexibility index (Phi) is 7.50. The van der Waals surface area contributed by atoms with E-state index in [1.165, 1.54) is 5.56 Å². The number of fused-ring (bicyclic) bond motifs is 1. The van der Waals surface area contributed by atoms with Crippen molar-refractivity contribution in [2.75, 3.05) is 19.7 Å².